The third-order valence-corrected chi connectivity index (χ3v) is 4.07. The zero-order valence-electron chi connectivity index (χ0n) is 12.5. The summed E-state index contributed by atoms with van der Waals surface area (Å²) >= 11 is 0. The van der Waals surface area contributed by atoms with Gasteiger partial charge in [-0.15, -0.1) is 0 Å². The highest BCUT2D eigenvalue weighted by molar-refractivity contribution is 5.94. The van der Waals surface area contributed by atoms with E-state index in [1.54, 1.807) is 17.0 Å². The molecule has 5 nitrogen and oxygen atoms in total. The van der Waals surface area contributed by atoms with Crippen LogP contribution < -0.4 is 5.32 Å². The minimum atomic E-state index is -0.0865. The number of aliphatic hydroxyl groups excluding tert-OH is 1. The number of rotatable bonds is 4. The van der Waals surface area contributed by atoms with Crippen molar-refractivity contribution in [3.05, 3.63) is 35.4 Å². The van der Waals surface area contributed by atoms with E-state index in [9.17, 15) is 14.7 Å². The van der Waals surface area contributed by atoms with Crippen molar-refractivity contribution in [2.45, 2.75) is 32.9 Å². The molecule has 1 aliphatic rings. The van der Waals surface area contributed by atoms with E-state index in [1.165, 1.54) is 6.92 Å². The van der Waals surface area contributed by atoms with E-state index in [2.05, 4.69) is 12.2 Å². The predicted molar refractivity (Wildman–Crippen MR) is 79.7 cm³/mol. The van der Waals surface area contributed by atoms with E-state index in [4.69, 9.17) is 0 Å². The van der Waals surface area contributed by atoms with E-state index in [0.717, 1.165) is 12.0 Å². The molecule has 1 fully saturated rings. The van der Waals surface area contributed by atoms with Crippen LogP contribution in [0.5, 0.6) is 0 Å². The Bertz CT molecular complexity index is 513. The first-order chi connectivity index (χ1) is 10.0. The number of likely N-dealkylation sites (tertiary alicyclic amines) is 1. The molecule has 2 atom stereocenters. The average molecular weight is 290 g/mol. The average Bonchev–Trinajstić information content (AvgIpc) is 2.85. The van der Waals surface area contributed by atoms with E-state index in [0.29, 0.717) is 24.6 Å². The third-order valence-electron chi connectivity index (χ3n) is 4.07. The van der Waals surface area contributed by atoms with Crippen molar-refractivity contribution >= 4 is 11.8 Å². The van der Waals surface area contributed by atoms with Gasteiger partial charge < -0.3 is 15.3 Å². The Hall–Kier alpha value is -1.88. The van der Waals surface area contributed by atoms with Crippen LogP contribution >= 0.6 is 0 Å². The maximum atomic E-state index is 12.5. The van der Waals surface area contributed by atoms with Crippen molar-refractivity contribution in [2.75, 3.05) is 13.2 Å². The molecule has 0 spiro atoms. The highest BCUT2D eigenvalue weighted by atomic mass is 16.3. The van der Waals surface area contributed by atoms with Gasteiger partial charge in [0, 0.05) is 25.6 Å². The SMILES string of the molecule is CC(=O)NCc1ccc(C(=O)N2CCC(C)C2CO)cc1. The lowest BCUT2D eigenvalue weighted by atomic mass is 10.0. The van der Waals surface area contributed by atoms with Gasteiger partial charge in [-0.1, -0.05) is 19.1 Å². The lowest BCUT2D eigenvalue weighted by molar-refractivity contribution is -0.119. The monoisotopic (exact) mass is 290 g/mol. The fraction of sp³-hybridized carbons (Fsp3) is 0.500. The Morgan fingerprint density at radius 3 is 2.57 bits per heavy atom. The summed E-state index contributed by atoms with van der Waals surface area (Å²) in [6.45, 7) is 4.70. The third kappa shape index (κ3) is 3.61. The zero-order valence-corrected chi connectivity index (χ0v) is 12.5. The molecule has 1 saturated heterocycles. The molecule has 2 unspecified atom stereocenters. The van der Waals surface area contributed by atoms with Crippen LogP contribution in [-0.2, 0) is 11.3 Å². The van der Waals surface area contributed by atoms with Gasteiger partial charge in [-0.25, -0.2) is 0 Å². The van der Waals surface area contributed by atoms with Crippen LogP contribution in [0.4, 0.5) is 0 Å². The lowest BCUT2D eigenvalue weighted by Gasteiger charge is -2.25. The van der Waals surface area contributed by atoms with Crippen molar-refractivity contribution < 1.29 is 14.7 Å². The van der Waals surface area contributed by atoms with Crippen molar-refractivity contribution in [1.82, 2.24) is 10.2 Å². The van der Waals surface area contributed by atoms with Gasteiger partial charge in [0.2, 0.25) is 5.91 Å². The predicted octanol–water partition coefficient (Wildman–Crippen LogP) is 1.17. The Morgan fingerprint density at radius 2 is 2.00 bits per heavy atom. The lowest BCUT2D eigenvalue weighted by Crippen LogP contribution is -2.39. The second kappa shape index (κ2) is 6.72. The number of carbonyl (C=O) groups is 2. The Morgan fingerprint density at radius 1 is 1.33 bits per heavy atom. The Labute approximate surface area is 125 Å². The first-order valence-electron chi connectivity index (χ1n) is 7.28. The molecule has 5 heteroatoms. The molecule has 21 heavy (non-hydrogen) atoms. The zero-order chi connectivity index (χ0) is 15.4. The van der Waals surface area contributed by atoms with Gasteiger partial charge in [-0.3, -0.25) is 9.59 Å². The Kier molecular flexibility index (Phi) is 4.96. The second-order valence-electron chi connectivity index (χ2n) is 5.62. The summed E-state index contributed by atoms with van der Waals surface area (Å²) in [6.07, 6.45) is 0.928. The number of aliphatic hydroxyl groups is 1. The number of amides is 2. The van der Waals surface area contributed by atoms with Crippen LogP contribution in [0.15, 0.2) is 24.3 Å². The molecule has 114 valence electrons. The molecule has 0 radical (unpaired) electrons. The van der Waals surface area contributed by atoms with Crippen LogP contribution in [-0.4, -0.2) is 41.0 Å². The molecule has 2 amide bonds. The number of hydrogen-bond donors (Lipinski definition) is 2. The van der Waals surface area contributed by atoms with Crippen molar-refractivity contribution in [1.29, 1.82) is 0 Å². The minimum absolute atomic E-state index is 0.00746. The molecule has 1 heterocycles. The van der Waals surface area contributed by atoms with Crippen molar-refractivity contribution in [3.63, 3.8) is 0 Å². The van der Waals surface area contributed by atoms with E-state index >= 15 is 0 Å². The molecule has 1 aromatic rings. The van der Waals surface area contributed by atoms with Gasteiger partial charge in [0.05, 0.1) is 12.6 Å². The topological polar surface area (TPSA) is 69.6 Å². The highest BCUT2D eigenvalue weighted by Gasteiger charge is 2.34. The summed E-state index contributed by atoms with van der Waals surface area (Å²) in [7, 11) is 0. The van der Waals surface area contributed by atoms with E-state index < -0.39 is 0 Å². The maximum absolute atomic E-state index is 12.5. The number of hydrogen-bond acceptors (Lipinski definition) is 3. The van der Waals surface area contributed by atoms with Gasteiger partial charge in [-0.2, -0.15) is 0 Å². The van der Waals surface area contributed by atoms with Crippen LogP contribution in [0.2, 0.25) is 0 Å². The minimum Gasteiger partial charge on any atom is -0.394 e. The fourth-order valence-electron chi connectivity index (χ4n) is 2.70. The van der Waals surface area contributed by atoms with Gasteiger partial charge >= 0.3 is 0 Å². The highest BCUT2D eigenvalue weighted by Crippen LogP contribution is 2.25. The van der Waals surface area contributed by atoms with Crippen molar-refractivity contribution in [2.24, 2.45) is 5.92 Å². The molecule has 1 aliphatic heterocycles. The van der Waals surface area contributed by atoms with Gasteiger partial charge in [0.25, 0.3) is 5.91 Å². The number of benzene rings is 1. The fourth-order valence-corrected chi connectivity index (χ4v) is 2.70. The summed E-state index contributed by atoms with van der Waals surface area (Å²) in [4.78, 5) is 25.1. The van der Waals surface area contributed by atoms with E-state index in [-0.39, 0.29) is 24.5 Å². The second-order valence-corrected chi connectivity index (χ2v) is 5.62. The van der Waals surface area contributed by atoms with Gasteiger partial charge in [-0.05, 0) is 30.0 Å². The molecular formula is C16H22N2O3. The van der Waals surface area contributed by atoms with E-state index in [1.807, 2.05) is 12.1 Å². The number of nitrogens with zero attached hydrogens (tertiary/aromatic N) is 1. The summed E-state index contributed by atoms with van der Waals surface area (Å²) in [5.41, 5.74) is 1.57. The number of carbonyl (C=O) groups excluding carboxylic acids is 2. The van der Waals surface area contributed by atoms with Gasteiger partial charge in [0.1, 0.15) is 0 Å². The first kappa shape index (κ1) is 15.5. The molecule has 0 aliphatic carbocycles. The van der Waals surface area contributed by atoms with Crippen molar-refractivity contribution in [3.8, 4) is 0 Å². The maximum Gasteiger partial charge on any atom is 0.254 e. The molecule has 0 aromatic heterocycles. The number of nitrogens with one attached hydrogen (secondary N) is 1. The normalized spacial score (nSPS) is 21.4. The van der Waals surface area contributed by atoms with Crippen LogP contribution in [0, 0.1) is 5.92 Å². The molecule has 1 aromatic carbocycles. The quantitative estimate of drug-likeness (QED) is 0.874. The van der Waals surface area contributed by atoms with Crippen LogP contribution in [0.3, 0.4) is 0 Å². The molecule has 2 N–H and O–H groups in total. The molecular weight excluding hydrogens is 268 g/mol. The van der Waals surface area contributed by atoms with Crippen LogP contribution in [0.25, 0.3) is 0 Å². The Balaban J connectivity index is 2.04. The summed E-state index contributed by atoms with van der Waals surface area (Å²) in [5.74, 6) is 0.217. The molecule has 2 rings (SSSR count). The summed E-state index contributed by atoms with van der Waals surface area (Å²) < 4.78 is 0. The smallest absolute Gasteiger partial charge is 0.254 e. The largest absolute Gasteiger partial charge is 0.394 e. The summed E-state index contributed by atoms with van der Waals surface area (Å²) in [6, 6.07) is 7.15. The van der Waals surface area contributed by atoms with Crippen LogP contribution in [0.1, 0.15) is 36.2 Å². The molecule has 0 saturated carbocycles. The summed E-state index contributed by atoms with van der Waals surface area (Å²) in [5, 5.41) is 12.2. The standard InChI is InChI=1S/C16H22N2O3/c1-11-7-8-18(15(11)10-19)16(21)14-5-3-13(4-6-14)9-17-12(2)20/h3-6,11,15,19H,7-10H2,1-2H3,(H,17,20). The first-order valence-corrected chi connectivity index (χ1v) is 7.28. The molecule has 0 bridgehead atoms. The van der Waals surface area contributed by atoms with Gasteiger partial charge in [0.15, 0.2) is 0 Å².